The van der Waals surface area contributed by atoms with Crippen molar-refractivity contribution in [3.05, 3.63) is 30.3 Å². The number of hydrogen-bond donors (Lipinski definition) is 2. The van der Waals surface area contributed by atoms with E-state index >= 15 is 0 Å². The molecule has 1 amide bonds. The molecule has 0 aromatic heterocycles. The van der Waals surface area contributed by atoms with Crippen LogP contribution in [0.5, 0.6) is 0 Å². The Morgan fingerprint density at radius 3 is 2.40 bits per heavy atom. The minimum Gasteiger partial charge on any atom is -0.329 e. The summed E-state index contributed by atoms with van der Waals surface area (Å²) in [7, 11) is 0. The van der Waals surface area contributed by atoms with Crippen LogP contribution in [0.4, 0.5) is 5.69 Å². The average Bonchev–Trinajstić information content (AvgIpc) is 3.00. The van der Waals surface area contributed by atoms with Gasteiger partial charge in [0.15, 0.2) is 0 Å². The van der Waals surface area contributed by atoms with E-state index in [-0.39, 0.29) is 23.7 Å². The van der Waals surface area contributed by atoms with Crippen molar-refractivity contribution in [1.29, 1.82) is 0 Å². The van der Waals surface area contributed by atoms with E-state index in [1.165, 1.54) is 0 Å². The fraction of sp³-hybridized carbons (Fsp3) is 0.364. The van der Waals surface area contributed by atoms with Crippen LogP contribution >= 0.6 is 12.4 Å². The second-order valence-corrected chi connectivity index (χ2v) is 3.80. The zero-order chi connectivity index (χ0) is 10.0. The summed E-state index contributed by atoms with van der Waals surface area (Å²) in [4.78, 5) is 11.7. The Labute approximate surface area is 95.5 Å². The second-order valence-electron chi connectivity index (χ2n) is 3.80. The Bertz CT molecular complexity index is 336. The molecule has 0 heterocycles. The highest BCUT2D eigenvalue weighted by Gasteiger charge is 2.48. The fourth-order valence-electron chi connectivity index (χ4n) is 1.46. The average molecular weight is 227 g/mol. The molecule has 0 atom stereocenters. The van der Waals surface area contributed by atoms with E-state index in [1.54, 1.807) is 0 Å². The van der Waals surface area contributed by atoms with Crippen molar-refractivity contribution in [2.45, 2.75) is 12.8 Å². The van der Waals surface area contributed by atoms with E-state index in [9.17, 15) is 4.79 Å². The molecule has 0 saturated heterocycles. The minimum absolute atomic E-state index is 0. The number of amides is 1. The summed E-state index contributed by atoms with van der Waals surface area (Å²) < 4.78 is 0. The van der Waals surface area contributed by atoms with Crippen molar-refractivity contribution in [2.24, 2.45) is 11.1 Å². The first-order chi connectivity index (χ1) is 6.77. The molecule has 0 radical (unpaired) electrons. The summed E-state index contributed by atoms with van der Waals surface area (Å²) in [6.45, 7) is 0.450. The van der Waals surface area contributed by atoms with E-state index in [4.69, 9.17) is 5.73 Å². The summed E-state index contributed by atoms with van der Waals surface area (Å²) in [5.41, 5.74) is 6.14. The van der Waals surface area contributed by atoms with Gasteiger partial charge in [-0.25, -0.2) is 0 Å². The lowest BCUT2D eigenvalue weighted by molar-refractivity contribution is -0.120. The molecule has 0 aliphatic heterocycles. The van der Waals surface area contributed by atoms with Gasteiger partial charge in [-0.3, -0.25) is 4.79 Å². The molecule has 15 heavy (non-hydrogen) atoms. The Morgan fingerprint density at radius 1 is 1.33 bits per heavy atom. The molecule has 1 aliphatic carbocycles. The van der Waals surface area contributed by atoms with Gasteiger partial charge in [-0.05, 0) is 25.0 Å². The van der Waals surface area contributed by atoms with Crippen molar-refractivity contribution in [3.63, 3.8) is 0 Å². The van der Waals surface area contributed by atoms with Gasteiger partial charge in [0.1, 0.15) is 0 Å². The van der Waals surface area contributed by atoms with Gasteiger partial charge in [-0.15, -0.1) is 12.4 Å². The van der Waals surface area contributed by atoms with Gasteiger partial charge in [0, 0.05) is 12.2 Å². The van der Waals surface area contributed by atoms with Crippen molar-refractivity contribution < 1.29 is 4.79 Å². The fourth-order valence-corrected chi connectivity index (χ4v) is 1.46. The molecule has 1 aromatic rings. The third kappa shape index (κ3) is 2.49. The zero-order valence-electron chi connectivity index (χ0n) is 8.40. The molecule has 4 heteroatoms. The van der Waals surface area contributed by atoms with Crippen LogP contribution in [0.1, 0.15) is 12.8 Å². The molecular formula is C11H15ClN2O. The van der Waals surface area contributed by atoms with E-state index < -0.39 is 0 Å². The van der Waals surface area contributed by atoms with E-state index in [0.29, 0.717) is 6.54 Å². The molecule has 0 bridgehead atoms. The summed E-state index contributed by atoms with van der Waals surface area (Å²) in [6.07, 6.45) is 1.84. The first-order valence-electron chi connectivity index (χ1n) is 4.83. The standard InChI is InChI=1S/C11H14N2O.ClH/c12-8-11(6-7-11)10(14)13-9-4-2-1-3-5-9;/h1-5H,6-8,12H2,(H,13,14);1H. The van der Waals surface area contributed by atoms with Crippen LogP contribution in [0.25, 0.3) is 0 Å². The van der Waals surface area contributed by atoms with Crippen LogP contribution in [-0.2, 0) is 4.79 Å². The number of carbonyl (C=O) groups is 1. The van der Waals surface area contributed by atoms with Crippen LogP contribution in [0.15, 0.2) is 30.3 Å². The number of hydrogen-bond acceptors (Lipinski definition) is 2. The normalized spacial score (nSPS) is 16.3. The molecule has 82 valence electrons. The highest BCUT2D eigenvalue weighted by Crippen LogP contribution is 2.45. The molecule has 1 fully saturated rings. The molecule has 1 saturated carbocycles. The summed E-state index contributed by atoms with van der Waals surface area (Å²) in [5.74, 6) is 0.0613. The third-order valence-corrected chi connectivity index (χ3v) is 2.76. The first kappa shape index (κ1) is 12.0. The molecular weight excluding hydrogens is 212 g/mol. The molecule has 1 aromatic carbocycles. The number of halogens is 1. The number of benzene rings is 1. The Morgan fingerprint density at radius 2 is 1.93 bits per heavy atom. The van der Waals surface area contributed by atoms with Crippen LogP contribution in [-0.4, -0.2) is 12.5 Å². The highest BCUT2D eigenvalue weighted by atomic mass is 35.5. The van der Waals surface area contributed by atoms with Crippen LogP contribution < -0.4 is 11.1 Å². The number of anilines is 1. The molecule has 1 aliphatic rings. The predicted octanol–water partition coefficient (Wildman–Crippen LogP) is 1.79. The molecule has 0 spiro atoms. The lowest BCUT2D eigenvalue weighted by Crippen LogP contribution is -2.30. The van der Waals surface area contributed by atoms with Crippen molar-refractivity contribution >= 4 is 24.0 Å². The van der Waals surface area contributed by atoms with Crippen LogP contribution in [0.3, 0.4) is 0 Å². The number of rotatable bonds is 3. The largest absolute Gasteiger partial charge is 0.329 e. The van der Waals surface area contributed by atoms with Gasteiger partial charge >= 0.3 is 0 Å². The number of nitrogens with two attached hydrogens (primary N) is 1. The maximum atomic E-state index is 11.7. The summed E-state index contributed by atoms with van der Waals surface area (Å²) in [6, 6.07) is 9.48. The van der Waals surface area contributed by atoms with Gasteiger partial charge in [0.25, 0.3) is 0 Å². The second kappa shape index (κ2) is 4.64. The zero-order valence-corrected chi connectivity index (χ0v) is 9.22. The van der Waals surface area contributed by atoms with Gasteiger partial charge in [0.2, 0.25) is 5.91 Å². The topological polar surface area (TPSA) is 55.1 Å². The smallest absolute Gasteiger partial charge is 0.231 e. The van der Waals surface area contributed by atoms with E-state index in [0.717, 1.165) is 18.5 Å². The monoisotopic (exact) mass is 226 g/mol. The number of para-hydroxylation sites is 1. The maximum absolute atomic E-state index is 11.7. The molecule has 3 nitrogen and oxygen atoms in total. The number of carbonyl (C=O) groups excluding carboxylic acids is 1. The summed E-state index contributed by atoms with van der Waals surface area (Å²) >= 11 is 0. The van der Waals surface area contributed by atoms with Crippen molar-refractivity contribution in [2.75, 3.05) is 11.9 Å². The van der Waals surface area contributed by atoms with Crippen molar-refractivity contribution in [3.8, 4) is 0 Å². The summed E-state index contributed by atoms with van der Waals surface area (Å²) in [5, 5.41) is 2.88. The number of nitrogens with one attached hydrogen (secondary N) is 1. The van der Waals surface area contributed by atoms with Gasteiger partial charge in [0.05, 0.1) is 5.41 Å². The predicted molar refractivity (Wildman–Crippen MR) is 63.0 cm³/mol. The van der Waals surface area contributed by atoms with Crippen LogP contribution in [0.2, 0.25) is 0 Å². The lowest BCUT2D eigenvalue weighted by atomic mass is 10.1. The quantitative estimate of drug-likeness (QED) is 0.826. The Kier molecular flexibility index (Phi) is 3.72. The Hall–Kier alpha value is -1.06. The molecule has 2 rings (SSSR count). The first-order valence-corrected chi connectivity index (χ1v) is 4.83. The maximum Gasteiger partial charge on any atom is 0.231 e. The van der Waals surface area contributed by atoms with E-state index in [1.807, 2.05) is 30.3 Å². The third-order valence-electron chi connectivity index (χ3n) is 2.76. The molecule has 0 unspecified atom stereocenters. The van der Waals surface area contributed by atoms with Gasteiger partial charge < -0.3 is 11.1 Å². The Balaban J connectivity index is 0.00000112. The van der Waals surface area contributed by atoms with Crippen LogP contribution in [0, 0.1) is 5.41 Å². The molecule has 3 N–H and O–H groups in total. The van der Waals surface area contributed by atoms with Gasteiger partial charge in [-0.1, -0.05) is 18.2 Å². The lowest BCUT2D eigenvalue weighted by Gasteiger charge is -2.12. The highest BCUT2D eigenvalue weighted by molar-refractivity contribution is 5.97. The van der Waals surface area contributed by atoms with E-state index in [2.05, 4.69) is 5.32 Å². The van der Waals surface area contributed by atoms with Crippen molar-refractivity contribution in [1.82, 2.24) is 0 Å². The SMILES string of the molecule is Cl.NCC1(C(=O)Nc2ccccc2)CC1. The minimum atomic E-state index is -0.268. The van der Waals surface area contributed by atoms with Gasteiger partial charge in [-0.2, -0.15) is 0 Å².